The van der Waals surface area contributed by atoms with E-state index in [9.17, 15) is 24.6 Å². The number of β-lactam (4-membered cyclic amide) rings is 1. The Morgan fingerprint density at radius 2 is 2.04 bits per heavy atom. The molecular weight excluding hydrogens is 669 g/mol. The first-order valence-corrected chi connectivity index (χ1v) is 18.6. The molecule has 0 bridgehead atoms. The summed E-state index contributed by atoms with van der Waals surface area (Å²) in [6.07, 6.45) is 8.02. The number of nitrogens with one attached hydrogen (secondary N) is 1. The van der Waals surface area contributed by atoms with Gasteiger partial charge in [0.1, 0.15) is 35.2 Å². The van der Waals surface area contributed by atoms with Crippen molar-refractivity contribution in [2.24, 2.45) is 5.92 Å². The summed E-state index contributed by atoms with van der Waals surface area (Å²) in [6, 6.07) is 6.60. The number of rotatable bonds is 13. The first-order chi connectivity index (χ1) is 23.0. The molecule has 3 aliphatic rings. The highest BCUT2D eigenvalue weighted by Gasteiger charge is 2.54. The molecule has 0 spiro atoms. The number of amides is 2. The van der Waals surface area contributed by atoms with Gasteiger partial charge in [0.15, 0.2) is 0 Å². The van der Waals surface area contributed by atoms with Crippen molar-refractivity contribution >= 4 is 58.3 Å². The number of ether oxygens (including phenoxy) is 2. The third kappa shape index (κ3) is 7.98. The maximum absolute atomic E-state index is 13.1. The number of unbranched alkanes of at least 4 members (excludes halogenated alkanes) is 2. The summed E-state index contributed by atoms with van der Waals surface area (Å²) in [5, 5.41) is 25.4. The normalized spacial score (nSPS) is 21.9. The maximum Gasteiger partial charge on any atom is 0.358 e. The highest BCUT2D eigenvalue weighted by molar-refractivity contribution is 8.00. The molecule has 4 atom stereocenters. The van der Waals surface area contributed by atoms with Crippen LogP contribution in [0.2, 0.25) is 0 Å². The Morgan fingerprint density at radius 3 is 2.73 bits per heavy atom. The fourth-order valence-corrected chi connectivity index (χ4v) is 8.75. The van der Waals surface area contributed by atoms with Gasteiger partial charge in [-0.2, -0.15) is 0 Å². The largest absolute Gasteiger partial charge is 0.507 e. The number of hydrogen-bond donors (Lipinski definition) is 3. The van der Waals surface area contributed by atoms with Gasteiger partial charge in [-0.15, -0.1) is 23.1 Å². The van der Waals surface area contributed by atoms with Gasteiger partial charge in [-0.1, -0.05) is 49.6 Å². The van der Waals surface area contributed by atoms with Crippen LogP contribution in [0.4, 0.5) is 0 Å². The molecule has 1 saturated heterocycles. The van der Waals surface area contributed by atoms with Crippen molar-refractivity contribution in [3.05, 3.63) is 80.7 Å². The molecule has 2 aliphatic heterocycles. The number of fused-ring (bicyclic) bond motifs is 1. The molecule has 12 heteroatoms. The van der Waals surface area contributed by atoms with E-state index < -0.39 is 23.3 Å². The third-order valence-electron chi connectivity index (χ3n) is 9.00. The SMILES string of the molecule is C=C(C)[C@@H]1CCC(C)=C[C@H]1c1c(O)cc(CCCCC)cc1OC(=S)OCC1=C(C(=O)O)N2C(=O)[C@@H](NC(=O)Cc3cccs3)C2SC1. The molecule has 9 nitrogen and oxygen atoms in total. The van der Waals surface area contributed by atoms with Crippen LogP contribution in [-0.4, -0.2) is 61.9 Å². The van der Waals surface area contributed by atoms with Gasteiger partial charge in [0, 0.05) is 39.9 Å². The van der Waals surface area contributed by atoms with Crippen LogP contribution < -0.4 is 10.1 Å². The number of aliphatic carboxylic acids is 1. The molecule has 2 amide bonds. The van der Waals surface area contributed by atoms with E-state index in [2.05, 4.69) is 31.8 Å². The second kappa shape index (κ2) is 15.7. The van der Waals surface area contributed by atoms with Gasteiger partial charge in [-0.05, 0) is 74.6 Å². The van der Waals surface area contributed by atoms with Crippen molar-refractivity contribution in [2.75, 3.05) is 12.4 Å². The lowest BCUT2D eigenvalue weighted by Crippen LogP contribution is -2.70. The number of phenolic OH excluding ortho intramolecular Hbond substituents is 1. The quantitative estimate of drug-likeness (QED) is 0.0885. The van der Waals surface area contributed by atoms with Crippen LogP contribution in [0.5, 0.6) is 11.5 Å². The van der Waals surface area contributed by atoms with E-state index in [4.69, 9.17) is 21.7 Å². The molecule has 48 heavy (non-hydrogen) atoms. The molecule has 1 fully saturated rings. The van der Waals surface area contributed by atoms with Gasteiger partial charge in [0.05, 0.1) is 6.42 Å². The predicted molar refractivity (Wildman–Crippen MR) is 192 cm³/mol. The van der Waals surface area contributed by atoms with E-state index in [0.717, 1.165) is 54.5 Å². The first-order valence-electron chi connectivity index (χ1n) is 16.2. The number of carboxylic acid groups (broad SMARTS) is 1. The van der Waals surface area contributed by atoms with Gasteiger partial charge < -0.3 is 25.0 Å². The molecule has 1 aliphatic carbocycles. The van der Waals surface area contributed by atoms with Crippen molar-refractivity contribution < 1.29 is 34.1 Å². The summed E-state index contributed by atoms with van der Waals surface area (Å²) in [7, 11) is 0. The van der Waals surface area contributed by atoms with Crippen LogP contribution >= 0.6 is 35.3 Å². The summed E-state index contributed by atoms with van der Waals surface area (Å²) in [5.74, 6) is -1.30. The van der Waals surface area contributed by atoms with Gasteiger partial charge in [-0.3, -0.25) is 14.5 Å². The zero-order valence-electron chi connectivity index (χ0n) is 27.5. The van der Waals surface area contributed by atoms with Crippen LogP contribution in [0.3, 0.4) is 0 Å². The Morgan fingerprint density at radius 1 is 1.25 bits per heavy atom. The van der Waals surface area contributed by atoms with E-state index in [1.54, 1.807) is 6.07 Å². The summed E-state index contributed by atoms with van der Waals surface area (Å²) in [5.41, 5.74) is 3.98. The molecule has 1 aromatic carbocycles. The highest BCUT2D eigenvalue weighted by Crippen LogP contribution is 2.47. The minimum Gasteiger partial charge on any atom is -0.507 e. The fraction of sp³-hybridized carbons (Fsp3) is 0.444. The third-order valence-corrected chi connectivity index (χ3v) is 11.4. The number of nitrogens with zero attached hydrogens (tertiary/aromatic N) is 1. The number of thioether (sulfide) groups is 1. The molecule has 2 aromatic rings. The molecule has 3 heterocycles. The minimum atomic E-state index is -1.26. The topological polar surface area (TPSA) is 125 Å². The lowest BCUT2D eigenvalue weighted by molar-refractivity contribution is -0.150. The lowest BCUT2D eigenvalue weighted by atomic mass is 9.73. The van der Waals surface area contributed by atoms with E-state index in [-0.39, 0.29) is 53.2 Å². The number of phenols is 1. The Bertz CT molecular complexity index is 1650. The fourth-order valence-electron chi connectivity index (χ4n) is 6.57. The summed E-state index contributed by atoms with van der Waals surface area (Å²) >= 11 is 8.32. The lowest BCUT2D eigenvalue weighted by Gasteiger charge is -2.49. The van der Waals surface area contributed by atoms with Crippen LogP contribution in [0.25, 0.3) is 0 Å². The minimum absolute atomic E-state index is 0.108. The van der Waals surface area contributed by atoms with E-state index in [1.807, 2.05) is 30.5 Å². The number of carbonyl (C=O) groups excluding carboxylic acids is 2. The number of thiophene rings is 1. The van der Waals surface area contributed by atoms with E-state index >= 15 is 0 Å². The summed E-state index contributed by atoms with van der Waals surface area (Å²) in [4.78, 5) is 40.1. The monoisotopic (exact) mass is 710 g/mol. The van der Waals surface area contributed by atoms with Crippen LogP contribution in [-0.2, 0) is 32.0 Å². The number of allylic oxidation sites excluding steroid dienone is 3. The molecule has 3 N–H and O–H groups in total. The van der Waals surface area contributed by atoms with Crippen molar-refractivity contribution in [1.82, 2.24) is 10.2 Å². The Hall–Kier alpha value is -3.61. The molecule has 256 valence electrons. The number of thiocarbonyl (C=S) groups is 1. The Labute approximate surface area is 295 Å². The van der Waals surface area contributed by atoms with Crippen molar-refractivity contribution in [3.8, 4) is 11.5 Å². The smallest absolute Gasteiger partial charge is 0.358 e. The molecule has 5 rings (SSSR count). The average Bonchev–Trinajstić information content (AvgIpc) is 3.55. The molecule has 0 saturated carbocycles. The average molecular weight is 711 g/mol. The number of aryl methyl sites for hydroxylation is 1. The van der Waals surface area contributed by atoms with E-state index in [0.29, 0.717) is 16.9 Å². The Balaban J connectivity index is 1.32. The zero-order chi connectivity index (χ0) is 34.5. The van der Waals surface area contributed by atoms with Crippen LogP contribution in [0.1, 0.15) is 74.8 Å². The number of carboxylic acids is 1. The molecule has 1 unspecified atom stereocenters. The molecular formula is C36H42N2O7S3. The van der Waals surface area contributed by atoms with Gasteiger partial charge in [-0.25, -0.2) is 4.79 Å². The van der Waals surface area contributed by atoms with Crippen molar-refractivity contribution in [1.29, 1.82) is 0 Å². The van der Waals surface area contributed by atoms with Crippen molar-refractivity contribution in [2.45, 2.75) is 83.1 Å². The number of hydrogen-bond acceptors (Lipinski definition) is 9. The number of carbonyl (C=O) groups is 3. The van der Waals surface area contributed by atoms with Crippen molar-refractivity contribution in [3.63, 3.8) is 0 Å². The number of aromatic hydroxyl groups is 1. The second-order valence-corrected chi connectivity index (χ2v) is 15.1. The highest BCUT2D eigenvalue weighted by atomic mass is 32.2. The van der Waals surface area contributed by atoms with Gasteiger partial charge in [0.2, 0.25) is 5.91 Å². The Kier molecular flexibility index (Phi) is 11.7. The maximum atomic E-state index is 13.1. The number of benzene rings is 1. The van der Waals surface area contributed by atoms with Crippen LogP contribution in [0.15, 0.2) is 64.7 Å². The standard InChI is InChI=1S/C36H42N2O7S3/c1-5-6-7-9-22-15-27(39)30(26-14-21(4)11-12-25(26)20(2)3)28(16-22)45-36(46)44-18-23-19-48-34-31(33(41)38(34)32(23)35(42)43)37-29(40)17-24-10-8-13-47-24/h8,10,13-16,25-26,31,34,39H,2,5-7,9,11-12,17-19H2,1,3-4H3,(H,37,40)(H,42,43)/t25-,26+,31+,34?/m0/s1. The van der Waals surface area contributed by atoms with Gasteiger partial charge >= 0.3 is 11.2 Å². The summed E-state index contributed by atoms with van der Waals surface area (Å²) in [6.45, 7) is 10.2. The van der Waals surface area contributed by atoms with Crippen LogP contribution in [0, 0.1) is 5.92 Å². The summed E-state index contributed by atoms with van der Waals surface area (Å²) < 4.78 is 12.0. The molecule has 0 radical (unpaired) electrons. The zero-order valence-corrected chi connectivity index (χ0v) is 29.9. The first kappa shape index (κ1) is 35.7. The molecule has 1 aromatic heterocycles. The van der Waals surface area contributed by atoms with Gasteiger partial charge in [0.25, 0.3) is 5.91 Å². The second-order valence-electron chi connectivity index (χ2n) is 12.6. The van der Waals surface area contributed by atoms with E-state index in [1.165, 1.54) is 33.6 Å². The predicted octanol–water partition coefficient (Wildman–Crippen LogP) is 6.86.